The van der Waals surface area contributed by atoms with Crippen LogP contribution in [-0.2, 0) is 4.79 Å². The van der Waals surface area contributed by atoms with E-state index in [0.29, 0.717) is 30.6 Å². The number of nitrogens with zero attached hydrogens (tertiary/aromatic N) is 2. The molecule has 170 valence electrons. The predicted molar refractivity (Wildman–Crippen MR) is 117 cm³/mol. The topological polar surface area (TPSA) is 95.7 Å². The van der Waals surface area contributed by atoms with Crippen molar-refractivity contribution in [2.75, 3.05) is 13.1 Å². The Hall–Kier alpha value is -3.52. The van der Waals surface area contributed by atoms with Crippen LogP contribution in [0.15, 0.2) is 65.2 Å². The van der Waals surface area contributed by atoms with Gasteiger partial charge >= 0.3 is 0 Å². The van der Waals surface area contributed by atoms with Crippen LogP contribution in [-0.4, -0.2) is 46.2 Å². The SMILES string of the molecule is O=C(c1cc(-c2ccc(F)cc2)no1)N1CCC[C@@]2(C[C@@H](O)[C@H](c3ccccc3)NC2=O)C1. The second-order valence-corrected chi connectivity index (χ2v) is 8.83. The van der Waals surface area contributed by atoms with Crippen LogP contribution in [0.4, 0.5) is 4.39 Å². The monoisotopic (exact) mass is 449 g/mol. The van der Waals surface area contributed by atoms with Gasteiger partial charge in [0.05, 0.1) is 17.6 Å². The van der Waals surface area contributed by atoms with E-state index in [0.717, 1.165) is 5.56 Å². The summed E-state index contributed by atoms with van der Waals surface area (Å²) in [6.45, 7) is 0.682. The number of hydrogen-bond acceptors (Lipinski definition) is 5. The first-order valence-corrected chi connectivity index (χ1v) is 11.0. The maximum atomic E-state index is 13.2. The number of nitrogens with one attached hydrogen (secondary N) is 1. The van der Waals surface area contributed by atoms with Gasteiger partial charge in [0.1, 0.15) is 11.5 Å². The molecule has 2 fully saturated rings. The first-order valence-electron chi connectivity index (χ1n) is 11.0. The first-order chi connectivity index (χ1) is 15.9. The molecule has 2 aliphatic heterocycles. The molecule has 0 unspecified atom stereocenters. The summed E-state index contributed by atoms with van der Waals surface area (Å²) in [5.74, 6) is -0.809. The Labute approximate surface area is 190 Å². The van der Waals surface area contributed by atoms with Crippen molar-refractivity contribution in [1.82, 2.24) is 15.4 Å². The van der Waals surface area contributed by atoms with E-state index >= 15 is 0 Å². The van der Waals surface area contributed by atoms with Crippen LogP contribution in [0.1, 0.15) is 41.4 Å². The molecule has 0 saturated carbocycles. The number of halogens is 1. The van der Waals surface area contributed by atoms with Gasteiger partial charge in [-0.3, -0.25) is 9.59 Å². The van der Waals surface area contributed by atoms with Gasteiger partial charge < -0.3 is 19.8 Å². The van der Waals surface area contributed by atoms with Crippen LogP contribution in [0.3, 0.4) is 0 Å². The van der Waals surface area contributed by atoms with Gasteiger partial charge in [-0.25, -0.2) is 4.39 Å². The van der Waals surface area contributed by atoms with Crippen molar-refractivity contribution in [1.29, 1.82) is 0 Å². The summed E-state index contributed by atoms with van der Waals surface area (Å²) in [7, 11) is 0. The van der Waals surface area contributed by atoms with Gasteiger partial charge in [0, 0.05) is 24.7 Å². The number of aliphatic hydroxyl groups is 1. The third-order valence-electron chi connectivity index (χ3n) is 6.64. The van der Waals surface area contributed by atoms with Crippen molar-refractivity contribution in [3.63, 3.8) is 0 Å². The average molecular weight is 449 g/mol. The van der Waals surface area contributed by atoms with E-state index in [9.17, 15) is 19.1 Å². The number of piperidine rings is 2. The number of aromatic nitrogens is 1. The van der Waals surface area contributed by atoms with Crippen molar-refractivity contribution in [3.05, 3.63) is 77.8 Å². The van der Waals surface area contributed by atoms with Gasteiger partial charge in [-0.1, -0.05) is 35.5 Å². The Morgan fingerprint density at radius 2 is 1.94 bits per heavy atom. The highest BCUT2D eigenvalue weighted by molar-refractivity contribution is 5.93. The number of carbonyl (C=O) groups is 2. The van der Waals surface area contributed by atoms with Gasteiger partial charge in [-0.15, -0.1) is 0 Å². The van der Waals surface area contributed by atoms with E-state index in [4.69, 9.17) is 4.52 Å². The zero-order valence-corrected chi connectivity index (χ0v) is 17.9. The Morgan fingerprint density at radius 1 is 1.18 bits per heavy atom. The molecule has 0 bridgehead atoms. The summed E-state index contributed by atoms with van der Waals surface area (Å²) < 4.78 is 18.5. The third-order valence-corrected chi connectivity index (χ3v) is 6.64. The average Bonchev–Trinajstić information content (AvgIpc) is 3.32. The fraction of sp³-hybridized carbons (Fsp3) is 0.320. The Morgan fingerprint density at radius 3 is 2.70 bits per heavy atom. The Kier molecular flexibility index (Phi) is 5.46. The summed E-state index contributed by atoms with van der Waals surface area (Å²) in [5, 5.41) is 17.8. The molecule has 3 heterocycles. The standard InChI is InChI=1S/C25H24FN3O4/c26-18-9-7-16(8-10-18)19-13-21(33-28-19)23(31)29-12-4-11-25(15-29)14-20(30)22(27-24(25)32)17-5-2-1-3-6-17/h1-3,5-10,13,20,22,30H,4,11-12,14-15H2,(H,27,32)/t20-,22+,25-/m1/s1. The van der Waals surface area contributed by atoms with Crippen LogP contribution in [0.5, 0.6) is 0 Å². The highest BCUT2D eigenvalue weighted by Crippen LogP contribution is 2.41. The van der Waals surface area contributed by atoms with E-state index in [1.807, 2.05) is 30.3 Å². The van der Waals surface area contributed by atoms with Gasteiger partial charge in [0.2, 0.25) is 11.7 Å². The quantitative estimate of drug-likeness (QED) is 0.640. The fourth-order valence-corrected chi connectivity index (χ4v) is 4.91. The number of rotatable bonds is 3. The van der Waals surface area contributed by atoms with Crippen LogP contribution in [0, 0.1) is 11.2 Å². The van der Waals surface area contributed by atoms with E-state index in [1.54, 1.807) is 17.0 Å². The second-order valence-electron chi connectivity index (χ2n) is 8.83. The Balaban J connectivity index is 1.32. The molecule has 33 heavy (non-hydrogen) atoms. The molecule has 0 radical (unpaired) electrons. The largest absolute Gasteiger partial charge is 0.391 e. The van der Waals surface area contributed by atoms with Crippen LogP contribution >= 0.6 is 0 Å². The lowest BCUT2D eigenvalue weighted by molar-refractivity contribution is -0.144. The molecule has 3 atom stereocenters. The zero-order chi connectivity index (χ0) is 23.0. The molecule has 5 rings (SSSR count). The molecule has 2 saturated heterocycles. The summed E-state index contributed by atoms with van der Waals surface area (Å²) in [6.07, 6.45) is 0.758. The van der Waals surface area contributed by atoms with E-state index in [-0.39, 0.29) is 36.4 Å². The first kappa shape index (κ1) is 21.3. The highest BCUT2D eigenvalue weighted by atomic mass is 19.1. The van der Waals surface area contributed by atoms with Crippen LogP contribution in [0.25, 0.3) is 11.3 Å². The van der Waals surface area contributed by atoms with Crippen molar-refractivity contribution >= 4 is 11.8 Å². The molecular formula is C25H24FN3O4. The van der Waals surface area contributed by atoms with Crippen LogP contribution < -0.4 is 5.32 Å². The maximum absolute atomic E-state index is 13.2. The van der Waals surface area contributed by atoms with Crippen molar-refractivity contribution in [2.24, 2.45) is 5.41 Å². The minimum absolute atomic E-state index is 0.0605. The zero-order valence-electron chi connectivity index (χ0n) is 17.9. The maximum Gasteiger partial charge on any atom is 0.292 e. The van der Waals surface area contributed by atoms with Crippen molar-refractivity contribution in [2.45, 2.75) is 31.4 Å². The summed E-state index contributed by atoms with van der Waals surface area (Å²) in [5.41, 5.74) is 1.07. The Bertz CT molecular complexity index is 1160. The van der Waals surface area contributed by atoms with E-state index in [2.05, 4.69) is 10.5 Å². The molecule has 1 aromatic heterocycles. The van der Waals surface area contributed by atoms with Gasteiger partial charge in [0.25, 0.3) is 5.91 Å². The van der Waals surface area contributed by atoms with Crippen molar-refractivity contribution in [3.8, 4) is 11.3 Å². The number of benzene rings is 2. The second kappa shape index (κ2) is 8.44. The molecule has 7 nitrogen and oxygen atoms in total. The van der Waals surface area contributed by atoms with Gasteiger partial charge in [-0.2, -0.15) is 0 Å². The molecule has 2 N–H and O–H groups in total. The van der Waals surface area contributed by atoms with Gasteiger partial charge in [0.15, 0.2) is 0 Å². The van der Waals surface area contributed by atoms with Crippen molar-refractivity contribution < 1.29 is 23.6 Å². The molecule has 0 aliphatic carbocycles. The van der Waals surface area contributed by atoms with E-state index in [1.165, 1.54) is 18.2 Å². The lowest BCUT2D eigenvalue weighted by Crippen LogP contribution is -2.60. The molecule has 2 aliphatic rings. The third kappa shape index (κ3) is 4.02. The lowest BCUT2D eigenvalue weighted by Gasteiger charge is -2.47. The summed E-state index contributed by atoms with van der Waals surface area (Å²) >= 11 is 0. The molecule has 3 aromatic rings. The normalized spacial score (nSPS) is 25.2. The minimum atomic E-state index is -0.849. The number of likely N-dealkylation sites (tertiary alicyclic amines) is 1. The predicted octanol–water partition coefficient (Wildman–Crippen LogP) is 3.33. The molecular weight excluding hydrogens is 425 g/mol. The smallest absolute Gasteiger partial charge is 0.292 e. The lowest BCUT2D eigenvalue weighted by atomic mass is 9.70. The van der Waals surface area contributed by atoms with Gasteiger partial charge in [-0.05, 0) is 49.1 Å². The number of aliphatic hydroxyl groups excluding tert-OH is 1. The minimum Gasteiger partial charge on any atom is -0.391 e. The molecule has 8 heteroatoms. The van der Waals surface area contributed by atoms with E-state index < -0.39 is 17.6 Å². The number of carbonyl (C=O) groups excluding carboxylic acids is 2. The van der Waals surface area contributed by atoms with Crippen LogP contribution in [0.2, 0.25) is 0 Å². The molecule has 2 aromatic carbocycles. The summed E-state index contributed by atoms with van der Waals surface area (Å²) in [6, 6.07) is 16.2. The molecule has 2 amide bonds. The summed E-state index contributed by atoms with van der Waals surface area (Å²) in [4.78, 5) is 27.9. The highest BCUT2D eigenvalue weighted by Gasteiger charge is 2.50. The molecule has 1 spiro atoms. The fourth-order valence-electron chi connectivity index (χ4n) is 4.91. The number of hydrogen-bond donors (Lipinski definition) is 2. The number of amides is 2.